The average molecular weight is 319 g/mol. The number of nitrogens with zero attached hydrogens (tertiary/aromatic N) is 5. The molecule has 21 heavy (non-hydrogen) atoms. The minimum absolute atomic E-state index is 0.188. The summed E-state index contributed by atoms with van der Waals surface area (Å²) in [5.74, 6) is 0.227. The summed E-state index contributed by atoms with van der Waals surface area (Å²) in [6, 6.07) is 7.19. The normalized spacial score (nSPS) is 10.7. The Morgan fingerprint density at radius 2 is 2.10 bits per heavy atom. The fourth-order valence-corrected chi connectivity index (χ4v) is 2.50. The van der Waals surface area contributed by atoms with E-state index in [1.165, 1.54) is 6.33 Å². The van der Waals surface area contributed by atoms with E-state index in [4.69, 9.17) is 34.2 Å². The van der Waals surface area contributed by atoms with E-state index in [1.807, 2.05) is 6.07 Å². The Bertz CT molecular complexity index is 880. The van der Waals surface area contributed by atoms with Crippen LogP contribution in [0.15, 0.2) is 24.5 Å². The highest BCUT2D eigenvalue weighted by molar-refractivity contribution is 6.35. The Morgan fingerprint density at radius 1 is 1.29 bits per heavy atom. The van der Waals surface area contributed by atoms with Gasteiger partial charge in [-0.05, 0) is 17.7 Å². The number of aromatic nitrogens is 4. The van der Waals surface area contributed by atoms with Crippen molar-refractivity contribution < 1.29 is 0 Å². The van der Waals surface area contributed by atoms with Crippen molar-refractivity contribution in [3.8, 4) is 6.07 Å². The SMILES string of the molecule is N#Cc1nn(Cc2ccc(Cl)cc2Cl)c2ncnc(N)c12. The maximum atomic E-state index is 9.15. The summed E-state index contributed by atoms with van der Waals surface area (Å²) in [6.45, 7) is 0.352. The van der Waals surface area contributed by atoms with Crippen molar-refractivity contribution in [2.45, 2.75) is 6.54 Å². The van der Waals surface area contributed by atoms with Crippen LogP contribution in [-0.4, -0.2) is 19.7 Å². The first-order valence-electron chi connectivity index (χ1n) is 5.91. The first-order valence-corrected chi connectivity index (χ1v) is 6.66. The third-order valence-electron chi connectivity index (χ3n) is 3.00. The predicted molar refractivity (Wildman–Crippen MR) is 80.0 cm³/mol. The Hall–Kier alpha value is -2.36. The standard InChI is InChI=1S/C13H8Cl2N6/c14-8-2-1-7(9(15)3-8)5-21-13-11(10(4-16)20-21)12(17)18-6-19-13/h1-3,6H,5H2,(H2,17,18,19). The molecule has 0 aliphatic rings. The number of anilines is 1. The van der Waals surface area contributed by atoms with Crippen LogP contribution in [0.5, 0.6) is 0 Å². The van der Waals surface area contributed by atoms with Gasteiger partial charge in [0.1, 0.15) is 18.2 Å². The van der Waals surface area contributed by atoms with Crippen LogP contribution < -0.4 is 5.73 Å². The topological polar surface area (TPSA) is 93.4 Å². The first-order chi connectivity index (χ1) is 10.1. The van der Waals surface area contributed by atoms with Crippen LogP contribution in [-0.2, 0) is 6.54 Å². The molecule has 104 valence electrons. The van der Waals surface area contributed by atoms with Crippen LogP contribution >= 0.6 is 23.2 Å². The lowest BCUT2D eigenvalue weighted by Gasteiger charge is -2.06. The summed E-state index contributed by atoms with van der Waals surface area (Å²) in [4.78, 5) is 8.03. The van der Waals surface area contributed by atoms with Gasteiger partial charge in [0.25, 0.3) is 0 Å². The summed E-state index contributed by atoms with van der Waals surface area (Å²) in [5, 5.41) is 14.9. The van der Waals surface area contributed by atoms with E-state index >= 15 is 0 Å². The van der Waals surface area contributed by atoms with Crippen molar-refractivity contribution in [1.82, 2.24) is 19.7 Å². The van der Waals surface area contributed by atoms with Gasteiger partial charge in [-0.2, -0.15) is 10.4 Å². The molecule has 0 spiro atoms. The Kier molecular flexibility index (Phi) is 3.37. The predicted octanol–water partition coefficient (Wildman–Crippen LogP) is 2.64. The number of rotatable bonds is 2. The summed E-state index contributed by atoms with van der Waals surface area (Å²) in [7, 11) is 0. The third-order valence-corrected chi connectivity index (χ3v) is 3.59. The molecule has 1 aromatic carbocycles. The molecule has 0 saturated carbocycles. The Morgan fingerprint density at radius 3 is 2.81 bits per heavy atom. The van der Waals surface area contributed by atoms with Crippen LogP contribution in [0.25, 0.3) is 11.0 Å². The molecule has 0 saturated heterocycles. The molecule has 0 amide bonds. The molecule has 0 atom stereocenters. The number of hydrogen-bond acceptors (Lipinski definition) is 5. The number of hydrogen-bond donors (Lipinski definition) is 1. The van der Waals surface area contributed by atoms with Crippen LogP contribution in [0.4, 0.5) is 5.82 Å². The summed E-state index contributed by atoms with van der Waals surface area (Å²) >= 11 is 12.0. The fraction of sp³-hybridized carbons (Fsp3) is 0.0769. The van der Waals surface area contributed by atoms with Crippen molar-refractivity contribution in [2.24, 2.45) is 0 Å². The molecular formula is C13H8Cl2N6. The molecule has 0 fully saturated rings. The molecule has 0 aliphatic carbocycles. The van der Waals surface area contributed by atoms with Gasteiger partial charge in [0.15, 0.2) is 11.3 Å². The van der Waals surface area contributed by atoms with Gasteiger partial charge in [0, 0.05) is 10.0 Å². The van der Waals surface area contributed by atoms with E-state index in [1.54, 1.807) is 22.9 Å². The quantitative estimate of drug-likeness (QED) is 0.783. The zero-order valence-electron chi connectivity index (χ0n) is 10.6. The van der Waals surface area contributed by atoms with Crippen LogP contribution in [0, 0.1) is 11.3 Å². The van der Waals surface area contributed by atoms with Gasteiger partial charge < -0.3 is 5.73 Å². The molecule has 0 radical (unpaired) electrons. The largest absolute Gasteiger partial charge is 0.383 e. The molecule has 2 aromatic heterocycles. The second-order valence-corrected chi connectivity index (χ2v) is 5.15. The molecule has 3 rings (SSSR count). The highest BCUT2D eigenvalue weighted by Crippen LogP contribution is 2.25. The second kappa shape index (κ2) is 5.20. The average Bonchev–Trinajstić information content (AvgIpc) is 2.81. The third kappa shape index (κ3) is 2.37. The summed E-state index contributed by atoms with van der Waals surface area (Å²) in [6.07, 6.45) is 1.33. The molecule has 2 heterocycles. The van der Waals surface area contributed by atoms with E-state index in [2.05, 4.69) is 15.1 Å². The van der Waals surface area contributed by atoms with Crippen LogP contribution in [0.2, 0.25) is 10.0 Å². The monoisotopic (exact) mass is 318 g/mol. The highest BCUT2D eigenvalue weighted by atomic mass is 35.5. The maximum Gasteiger partial charge on any atom is 0.175 e. The molecule has 3 aromatic rings. The van der Waals surface area contributed by atoms with Gasteiger partial charge in [-0.3, -0.25) is 0 Å². The number of nitrogen functional groups attached to an aromatic ring is 1. The fourth-order valence-electron chi connectivity index (χ4n) is 2.03. The van der Waals surface area contributed by atoms with E-state index in [9.17, 15) is 0 Å². The Balaban J connectivity index is 2.13. The molecule has 0 aliphatic heterocycles. The lowest BCUT2D eigenvalue weighted by atomic mass is 10.2. The number of halogens is 2. The lowest BCUT2D eigenvalue weighted by molar-refractivity contribution is 0.700. The van der Waals surface area contributed by atoms with E-state index < -0.39 is 0 Å². The van der Waals surface area contributed by atoms with Crippen molar-refractivity contribution in [1.29, 1.82) is 5.26 Å². The zero-order chi connectivity index (χ0) is 15.0. The lowest BCUT2D eigenvalue weighted by Crippen LogP contribution is -2.04. The maximum absolute atomic E-state index is 9.15. The molecule has 0 bridgehead atoms. The smallest absolute Gasteiger partial charge is 0.175 e. The number of benzene rings is 1. The Labute approximate surface area is 129 Å². The number of nitrogens with two attached hydrogens (primary N) is 1. The van der Waals surface area contributed by atoms with Gasteiger partial charge >= 0.3 is 0 Å². The molecular weight excluding hydrogens is 311 g/mol. The van der Waals surface area contributed by atoms with Crippen molar-refractivity contribution >= 4 is 40.1 Å². The molecule has 2 N–H and O–H groups in total. The van der Waals surface area contributed by atoms with E-state index in [-0.39, 0.29) is 11.5 Å². The first kappa shape index (κ1) is 13.6. The van der Waals surface area contributed by atoms with Crippen molar-refractivity contribution in [2.75, 3.05) is 5.73 Å². The van der Waals surface area contributed by atoms with Gasteiger partial charge in [0.2, 0.25) is 0 Å². The van der Waals surface area contributed by atoms with Gasteiger partial charge in [-0.1, -0.05) is 29.3 Å². The van der Waals surface area contributed by atoms with Gasteiger partial charge in [-0.25, -0.2) is 14.6 Å². The zero-order valence-corrected chi connectivity index (χ0v) is 12.1. The molecule has 6 nitrogen and oxygen atoms in total. The summed E-state index contributed by atoms with van der Waals surface area (Å²) in [5.41, 5.74) is 7.28. The number of nitriles is 1. The van der Waals surface area contributed by atoms with E-state index in [0.29, 0.717) is 27.6 Å². The highest BCUT2D eigenvalue weighted by Gasteiger charge is 2.16. The van der Waals surface area contributed by atoms with Crippen LogP contribution in [0.1, 0.15) is 11.3 Å². The van der Waals surface area contributed by atoms with Crippen molar-refractivity contribution in [3.63, 3.8) is 0 Å². The molecule has 8 heteroatoms. The van der Waals surface area contributed by atoms with E-state index in [0.717, 1.165) is 5.56 Å². The van der Waals surface area contributed by atoms with Crippen molar-refractivity contribution in [3.05, 3.63) is 45.8 Å². The number of fused-ring (bicyclic) bond motifs is 1. The summed E-state index contributed by atoms with van der Waals surface area (Å²) < 4.78 is 1.57. The van der Waals surface area contributed by atoms with Crippen LogP contribution in [0.3, 0.4) is 0 Å². The van der Waals surface area contributed by atoms with Gasteiger partial charge in [0.05, 0.1) is 11.9 Å². The second-order valence-electron chi connectivity index (χ2n) is 4.31. The minimum atomic E-state index is 0.188. The minimum Gasteiger partial charge on any atom is -0.383 e. The molecule has 0 unspecified atom stereocenters. The van der Waals surface area contributed by atoms with Gasteiger partial charge in [-0.15, -0.1) is 0 Å².